The number of carbonyl (C=O) groups excluding carboxylic acids is 2. The number of esters is 1. The summed E-state index contributed by atoms with van der Waals surface area (Å²) in [5.74, 6) is -1.27. The van der Waals surface area contributed by atoms with Crippen molar-refractivity contribution in [3.63, 3.8) is 0 Å². The number of sulfonamides is 1. The highest BCUT2D eigenvalue weighted by Gasteiger charge is 2.22. The van der Waals surface area contributed by atoms with Gasteiger partial charge >= 0.3 is 5.97 Å². The van der Waals surface area contributed by atoms with E-state index in [1.165, 1.54) is 25.2 Å². The van der Waals surface area contributed by atoms with E-state index < -0.39 is 28.5 Å². The van der Waals surface area contributed by atoms with Gasteiger partial charge in [0.25, 0.3) is 15.9 Å². The Morgan fingerprint density at radius 2 is 1.84 bits per heavy atom. The van der Waals surface area contributed by atoms with Crippen LogP contribution < -0.4 is 14.9 Å². The van der Waals surface area contributed by atoms with Gasteiger partial charge in [-0.15, -0.1) is 0 Å². The third-order valence-corrected chi connectivity index (χ3v) is 7.26. The second-order valence-electron chi connectivity index (χ2n) is 6.68. The molecule has 2 N–H and O–H groups in total. The van der Waals surface area contributed by atoms with Crippen LogP contribution in [0.1, 0.15) is 16.1 Å². The largest absolute Gasteiger partial charge is 0.452 e. The lowest BCUT2D eigenvalue weighted by Gasteiger charge is -2.19. The van der Waals surface area contributed by atoms with Crippen LogP contribution >= 0.6 is 11.5 Å². The van der Waals surface area contributed by atoms with Crippen LogP contribution in [0.25, 0.3) is 0 Å². The molecular formula is C21H22N4O5S2. The van der Waals surface area contributed by atoms with Crippen molar-refractivity contribution in [1.82, 2.24) is 4.37 Å². The molecule has 0 aliphatic heterocycles. The van der Waals surface area contributed by atoms with E-state index in [4.69, 9.17) is 4.74 Å². The van der Waals surface area contributed by atoms with Crippen molar-refractivity contribution in [2.45, 2.75) is 11.8 Å². The lowest BCUT2D eigenvalue weighted by atomic mass is 10.2. The van der Waals surface area contributed by atoms with Crippen molar-refractivity contribution < 1.29 is 22.7 Å². The van der Waals surface area contributed by atoms with Gasteiger partial charge in [-0.1, -0.05) is 24.3 Å². The van der Waals surface area contributed by atoms with Gasteiger partial charge < -0.3 is 15.4 Å². The van der Waals surface area contributed by atoms with Crippen LogP contribution in [0.4, 0.5) is 16.4 Å². The number of para-hydroxylation sites is 1. The van der Waals surface area contributed by atoms with Crippen LogP contribution in [-0.4, -0.2) is 45.4 Å². The Labute approximate surface area is 190 Å². The maximum Gasteiger partial charge on any atom is 0.343 e. The van der Waals surface area contributed by atoms with Gasteiger partial charge in [0.15, 0.2) is 6.61 Å². The zero-order valence-corrected chi connectivity index (χ0v) is 19.3. The van der Waals surface area contributed by atoms with Gasteiger partial charge in [-0.2, -0.15) is 4.37 Å². The number of carbonyl (C=O) groups is 2. The summed E-state index contributed by atoms with van der Waals surface area (Å²) in [4.78, 5) is 24.6. The maximum absolute atomic E-state index is 12.9. The van der Waals surface area contributed by atoms with Crippen molar-refractivity contribution in [2.24, 2.45) is 0 Å². The Kier molecular flexibility index (Phi) is 7.11. The fourth-order valence-electron chi connectivity index (χ4n) is 2.85. The topological polar surface area (TPSA) is 118 Å². The lowest BCUT2D eigenvalue weighted by Crippen LogP contribution is -2.26. The molecule has 9 nitrogen and oxygen atoms in total. The number of hydrogen-bond acceptors (Lipinski definition) is 8. The molecular weight excluding hydrogens is 452 g/mol. The molecule has 0 saturated carbocycles. The van der Waals surface area contributed by atoms with Gasteiger partial charge in [-0.05, 0) is 48.8 Å². The van der Waals surface area contributed by atoms with E-state index in [1.54, 1.807) is 50.4 Å². The molecule has 0 unspecified atom stereocenters. The quantitative estimate of drug-likeness (QED) is 0.482. The van der Waals surface area contributed by atoms with E-state index in [1.807, 2.05) is 0 Å². The molecule has 0 atom stereocenters. The second kappa shape index (κ2) is 9.79. The summed E-state index contributed by atoms with van der Waals surface area (Å²) >= 11 is 1.12. The standard InChI is InChI=1S/C21H22N4O5S2/c1-14-19(20(22-2)31-24-14)21(27)30-13-18(26)23-15-8-7-11-17(12-15)32(28,29)25(3)16-9-5-4-6-10-16/h4-12,22H,13H2,1-3H3,(H,23,26). The third-order valence-electron chi connectivity index (χ3n) is 4.52. The fraction of sp³-hybridized carbons (Fsp3) is 0.190. The van der Waals surface area contributed by atoms with E-state index >= 15 is 0 Å². The second-order valence-corrected chi connectivity index (χ2v) is 9.42. The van der Waals surface area contributed by atoms with Crippen molar-refractivity contribution in [1.29, 1.82) is 0 Å². The van der Waals surface area contributed by atoms with Gasteiger partial charge in [0.1, 0.15) is 10.6 Å². The number of nitrogens with one attached hydrogen (secondary N) is 2. The predicted molar refractivity (Wildman–Crippen MR) is 124 cm³/mol. The molecule has 1 heterocycles. The van der Waals surface area contributed by atoms with E-state index in [2.05, 4.69) is 15.0 Å². The summed E-state index contributed by atoms with van der Waals surface area (Å²) in [6, 6.07) is 14.5. The minimum absolute atomic E-state index is 0.0114. The molecule has 3 rings (SSSR count). The summed E-state index contributed by atoms with van der Waals surface area (Å²) in [5.41, 5.74) is 1.55. The van der Waals surface area contributed by atoms with Gasteiger partial charge in [0.05, 0.1) is 16.3 Å². The summed E-state index contributed by atoms with van der Waals surface area (Å²) in [6.07, 6.45) is 0. The number of ether oxygens (including phenoxy) is 1. The van der Waals surface area contributed by atoms with Crippen molar-refractivity contribution in [3.05, 3.63) is 65.9 Å². The van der Waals surface area contributed by atoms with Gasteiger partial charge in [0, 0.05) is 19.8 Å². The number of amides is 1. The van der Waals surface area contributed by atoms with Gasteiger partial charge in [-0.25, -0.2) is 13.2 Å². The van der Waals surface area contributed by atoms with Crippen LogP contribution in [0.15, 0.2) is 59.5 Å². The Morgan fingerprint density at radius 1 is 1.12 bits per heavy atom. The average molecular weight is 475 g/mol. The first-order valence-corrected chi connectivity index (χ1v) is 11.7. The average Bonchev–Trinajstić information content (AvgIpc) is 3.18. The first-order chi connectivity index (χ1) is 15.2. The molecule has 3 aromatic rings. The Morgan fingerprint density at radius 3 is 2.53 bits per heavy atom. The van der Waals surface area contributed by atoms with Crippen LogP contribution in [0.3, 0.4) is 0 Å². The predicted octanol–water partition coefficient (Wildman–Crippen LogP) is 3.11. The maximum atomic E-state index is 12.9. The molecule has 0 bridgehead atoms. The first-order valence-electron chi connectivity index (χ1n) is 9.49. The molecule has 11 heteroatoms. The molecule has 0 spiro atoms. The minimum Gasteiger partial charge on any atom is -0.452 e. The SMILES string of the molecule is CNc1snc(C)c1C(=O)OCC(=O)Nc1cccc(S(=O)(=O)N(C)c2ccccc2)c1. The number of aromatic nitrogens is 1. The molecule has 168 valence electrons. The zero-order valence-electron chi connectivity index (χ0n) is 17.7. The monoisotopic (exact) mass is 474 g/mol. The van der Waals surface area contributed by atoms with Crippen LogP contribution in [0.2, 0.25) is 0 Å². The normalized spacial score (nSPS) is 11.0. The van der Waals surface area contributed by atoms with Crippen molar-refractivity contribution in [3.8, 4) is 0 Å². The Balaban J connectivity index is 1.67. The number of rotatable bonds is 8. The summed E-state index contributed by atoms with van der Waals surface area (Å²) < 4.78 is 36.2. The number of aryl methyl sites for hydroxylation is 1. The number of benzene rings is 2. The molecule has 0 saturated heterocycles. The molecule has 0 fully saturated rings. The van der Waals surface area contributed by atoms with Crippen LogP contribution in [0.5, 0.6) is 0 Å². The smallest absolute Gasteiger partial charge is 0.343 e. The molecule has 2 aromatic carbocycles. The van der Waals surface area contributed by atoms with E-state index in [-0.39, 0.29) is 16.1 Å². The molecule has 1 amide bonds. The highest BCUT2D eigenvalue weighted by molar-refractivity contribution is 7.92. The number of anilines is 3. The summed E-state index contributed by atoms with van der Waals surface area (Å²) in [7, 11) is -0.720. The Bertz CT molecular complexity index is 1230. The third kappa shape index (κ3) is 5.06. The minimum atomic E-state index is -3.83. The zero-order chi connectivity index (χ0) is 23.3. The van der Waals surface area contributed by atoms with Gasteiger partial charge in [0.2, 0.25) is 0 Å². The Hall–Kier alpha value is -3.44. The van der Waals surface area contributed by atoms with Gasteiger partial charge in [-0.3, -0.25) is 9.10 Å². The fourth-order valence-corrected chi connectivity index (χ4v) is 4.83. The summed E-state index contributed by atoms with van der Waals surface area (Å²) in [5, 5.41) is 5.96. The lowest BCUT2D eigenvalue weighted by molar-refractivity contribution is -0.119. The molecule has 0 radical (unpaired) electrons. The molecule has 32 heavy (non-hydrogen) atoms. The number of hydrogen-bond donors (Lipinski definition) is 2. The number of nitrogens with zero attached hydrogens (tertiary/aromatic N) is 2. The van der Waals surface area contributed by atoms with E-state index in [0.717, 1.165) is 15.8 Å². The van der Waals surface area contributed by atoms with E-state index in [9.17, 15) is 18.0 Å². The highest BCUT2D eigenvalue weighted by Crippen LogP contribution is 2.25. The highest BCUT2D eigenvalue weighted by atomic mass is 32.2. The van der Waals surface area contributed by atoms with E-state index in [0.29, 0.717) is 16.4 Å². The molecule has 1 aromatic heterocycles. The molecule has 0 aliphatic rings. The van der Waals surface area contributed by atoms with Crippen molar-refractivity contribution in [2.75, 3.05) is 35.6 Å². The molecule has 0 aliphatic carbocycles. The summed E-state index contributed by atoms with van der Waals surface area (Å²) in [6.45, 7) is 1.14. The van der Waals surface area contributed by atoms with Crippen molar-refractivity contribution >= 4 is 49.8 Å². The van der Waals surface area contributed by atoms with Crippen LogP contribution in [-0.2, 0) is 19.6 Å². The first kappa shape index (κ1) is 23.2. The van der Waals surface area contributed by atoms with Crippen LogP contribution in [0, 0.1) is 6.92 Å².